The van der Waals surface area contributed by atoms with Crippen molar-refractivity contribution in [1.29, 1.82) is 0 Å². The maximum Gasteiger partial charge on any atom is 0.191 e. The number of benzene rings is 1. The summed E-state index contributed by atoms with van der Waals surface area (Å²) in [7, 11) is 2.00. The molecule has 1 saturated carbocycles. The molecule has 2 aromatic rings. The van der Waals surface area contributed by atoms with Crippen LogP contribution in [0.1, 0.15) is 36.7 Å². The van der Waals surface area contributed by atoms with Crippen LogP contribution in [0.4, 0.5) is 0 Å². The molecular formula is C21H31N5S. The van der Waals surface area contributed by atoms with Gasteiger partial charge in [-0.1, -0.05) is 18.2 Å². The van der Waals surface area contributed by atoms with Crippen molar-refractivity contribution in [3.63, 3.8) is 0 Å². The topological polar surface area (TPSA) is 54.2 Å². The van der Waals surface area contributed by atoms with Crippen molar-refractivity contribution in [3.05, 3.63) is 47.3 Å². The lowest BCUT2D eigenvalue weighted by molar-refractivity contribution is 0.728. The summed E-state index contributed by atoms with van der Waals surface area (Å²) in [5.41, 5.74) is 3.70. The van der Waals surface area contributed by atoms with E-state index in [4.69, 9.17) is 4.99 Å². The largest absolute Gasteiger partial charge is 0.357 e. The molecule has 1 aliphatic carbocycles. The lowest BCUT2D eigenvalue weighted by Gasteiger charge is -2.15. The van der Waals surface area contributed by atoms with Crippen LogP contribution in [0, 0.1) is 13.8 Å². The van der Waals surface area contributed by atoms with E-state index in [1.807, 2.05) is 23.5 Å². The first-order chi connectivity index (χ1) is 13.0. The minimum atomic E-state index is 0.278. The Balaban J connectivity index is 1.55. The average molecular weight is 386 g/mol. The number of nitrogens with one attached hydrogen (secondary N) is 2. The molecule has 0 radical (unpaired) electrons. The highest BCUT2D eigenvalue weighted by Crippen LogP contribution is 2.51. The van der Waals surface area contributed by atoms with Gasteiger partial charge in [-0.3, -0.25) is 9.67 Å². The van der Waals surface area contributed by atoms with E-state index < -0.39 is 0 Å². The molecule has 1 fully saturated rings. The summed E-state index contributed by atoms with van der Waals surface area (Å²) < 4.78 is 2.24. The molecule has 0 bridgehead atoms. The van der Waals surface area contributed by atoms with Gasteiger partial charge in [-0.15, -0.1) is 11.8 Å². The third-order valence-electron chi connectivity index (χ3n) is 5.08. The van der Waals surface area contributed by atoms with Crippen LogP contribution in [-0.2, 0) is 13.5 Å². The number of hydrogen-bond donors (Lipinski definition) is 2. The predicted octanol–water partition coefficient (Wildman–Crippen LogP) is 3.46. The number of guanidine groups is 1. The summed E-state index contributed by atoms with van der Waals surface area (Å²) in [6, 6.07) is 10.7. The first-order valence-corrected chi connectivity index (χ1v) is 10.6. The fourth-order valence-electron chi connectivity index (χ4n) is 3.22. The standard InChI is InChI=1S/C21H31N5S/c1-5-22-20(23-14-11-19-16(2)25-26(4)17(19)3)24-15-21(12-13-21)27-18-9-7-6-8-10-18/h6-10H,5,11-15H2,1-4H3,(H2,22,23,24). The minimum absolute atomic E-state index is 0.278. The van der Waals surface area contributed by atoms with E-state index in [0.717, 1.165) is 37.7 Å². The number of aryl methyl sites for hydroxylation is 2. The van der Waals surface area contributed by atoms with E-state index in [2.05, 4.69) is 66.8 Å². The summed E-state index contributed by atoms with van der Waals surface area (Å²) in [6.07, 6.45) is 3.44. The van der Waals surface area contributed by atoms with Gasteiger partial charge in [0.25, 0.3) is 0 Å². The number of thioether (sulfide) groups is 1. The van der Waals surface area contributed by atoms with Crippen LogP contribution >= 0.6 is 11.8 Å². The van der Waals surface area contributed by atoms with Gasteiger partial charge >= 0.3 is 0 Å². The quantitative estimate of drug-likeness (QED) is 0.540. The maximum absolute atomic E-state index is 4.88. The zero-order chi connectivity index (χ0) is 19.3. The van der Waals surface area contributed by atoms with Crippen molar-refractivity contribution in [1.82, 2.24) is 20.4 Å². The Morgan fingerprint density at radius 2 is 1.96 bits per heavy atom. The van der Waals surface area contributed by atoms with Crippen LogP contribution < -0.4 is 10.6 Å². The fraction of sp³-hybridized carbons (Fsp3) is 0.524. The molecule has 0 unspecified atom stereocenters. The van der Waals surface area contributed by atoms with Gasteiger partial charge in [0, 0.05) is 35.5 Å². The zero-order valence-corrected chi connectivity index (χ0v) is 17.7. The van der Waals surface area contributed by atoms with Gasteiger partial charge in [0.05, 0.1) is 12.2 Å². The molecule has 3 rings (SSSR count). The fourth-order valence-corrected chi connectivity index (χ4v) is 4.45. The molecule has 1 heterocycles. The van der Waals surface area contributed by atoms with E-state index >= 15 is 0 Å². The number of hydrogen-bond acceptors (Lipinski definition) is 3. The van der Waals surface area contributed by atoms with E-state index in [0.29, 0.717) is 0 Å². The average Bonchev–Trinajstić information content (AvgIpc) is 3.37. The van der Waals surface area contributed by atoms with Crippen molar-refractivity contribution in [2.75, 3.05) is 19.6 Å². The number of rotatable bonds is 8. The van der Waals surface area contributed by atoms with Crippen LogP contribution in [0.3, 0.4) is 0 Å². The van der Waals surface area contributed by atoms with E-state index in [1.165, 1.54) is 29.0 Å². The molecule has 146 valence electrons. The first-order valence-electron chi connectivity index (χ1n) is 9.78. The van der Waals surface area contributed by atoms with Crippen LogP contribution in [0.25, 0.3) is 0 Å². The van der Waals surface area contributed by atoms with E-state index in [9.17, 15) is 0 Å². The van der Waals surface area contributed by atoms with Crippen LogP contribution in [0.5, 0.6) is 0 Å². The predicted molar refractivity (Wildman–Crippen MR) is 115 cm³/mol. The Kier molecular flexibility index (Phi) is 6.47. The summed E-state index contributed by atoms with van der Waals surface area (Å²) in [5.74, 6) is 0.914. The molecular weight excluding hydrogens is 354 g/mol. The van der Waals surface area contributed by atoms with E-state index in [1.54, 1.807) is 0 Å². The summed E-state index contributed by atoms with van der Waals surface area (Å²) >= 11 is 1.97. The Hall–Kier alpha value is -1.95. The van der Waals surface area contributed by atoms with Gasteiger partial charge in [0.15, 0.2) is 5.96 Å². The number of aliphatic imine (C=N–C) groups is 1. The van der Waals surface area contributed by atoms with Crippen molar-refractivity contribution in [3.8, 4) is 0 Å². The molecule has 1 aromatic carbocycles. The normalized spacial score (nSPS) is 15.6. The molecule has 0 spiro atoms. The summed E-state index contributed by atoms with van der Waals surface area (Å²) in [5, 5.41) is 11.4. The van der Waals surface area contributed by atoms with Crippen molar-refractivity contribution in [2.24, 2.45) is 12.0 Å². The van der Waals surface area contributed by atoms with Crippen LogP contribution in [0.2, 0.25) is 0 Å². The second-order valence-corrected chi connectivity index (χ2v) is 8.78. The Morgan fingerprint density at radius 3 is 2.56 bits per heavy atom. The lowest BCUT2D eigenvalue weighted by atomic mass is 10.1. The van der Waals surface area contributed by atoms with Gasteiger partial charge in [-0.2, -0.15) is 5.10 Å². The van der Waals surface area contributed by atoms with Gasteiger partial charge in [-0.25, -0.2) is 0 Å². The third-order valence-corrected chi connectivity index (χ3v) is 6.56. The molecule has 1 aromatic heterocycles. The third kappa shape index (κ3) is 5.28. The Labute approximate surface area is 167 Å². The highest BCUT2D eigenvalue weighted by Gasteiger charge is 2.43. The molecule has 2 N–H and O–H groups in total. The van der Waals surface area contributed by atoms with Crippen molar-refractivity contribution < 1.29 is 0 Å². The van der Waals surface area contributed by atoms with Gasteiger partial charge in [0.2, 0.25) is 0 Å². The monoisotopic (exact) mass is 385 g/mol. The lowest BCUT2D eigenvalue weighted by Crippen LogP contribution is -2.39. The van der Waals surface area contributed by atoms with Crippen LogP contribution in [0.15, 0.2) is 40.2 Å². The Bertz CT molecular complexity index is 777. The second-order valence-electron chi connectivity index (χ2n) is 7.24. The molecule has 0 atom stereocenters. The molecule has 27 heavy (non-hydrogen) atoms. The van der Waals surface area contributed by atoms with Crippen LogP contribution in [-0.4, -0.2) is 40.1 Å². The van der Waals surface area contributed by atoms with Crippen molar-refractivity contribution >= 4 is 17.7 Å². The maximum atomic E-state index is 4.88. The van der Waals surface area contributed by atoms with Gasteiger partial charge in [-0.05, 0) is 57.7 Å². The van der Waals surface area contributed by atoms with E-state index in [-0.39, 0.29) is 4.75 Å². The number of aromatic nitrogens is 2. The highest BCUT2D eigenvalue weighted by atomic mass is 32.2. The number of nitrogens with zero attached hydrogens (tertiary/aromatic N) is 3. The van der Waals surface area contributed by atoms with Gasteiger partial charge in [0.1, 0.15) is 0 Å². The zero-order valence-electron chi connectivity index (χ0n) is 16.9. The smallest absolute Gasteiger partial charge is 0.191 e. The SMILES string of the molecule is CCNC(=NCC1(Sc2ccccc2)CC1)NCCc1c(C)nn(C)c1C. The molecule has 0 saturated heterocycles. The van der Waals surface area contributed by atoms with Crippen molar-refractivity contribution in [2.45, 2.75) is 49.7 Å². The molecule has 0 aliphatic heterocycles. The highest BCUT2D eigenvalue weighted by molar-refractivity contribution is 8.01. The Morgan fingerprint density at radius 1 is 1.22 bits per heavy atom. The first kappa shape index (κ1) is 19.8. The molecule has 6 heteroatoms. The summed E-state index contributed by atoms with van der Waals surface area (Å²) in [4.78, 5) is 6.22. The molecule has 1 aliphatic rings. The second kappa shape index (κ2) is 8.83. The minimum Gasteiger partial charge on any atom is -0.357 e. The molecule has 5 nitrogen and oxygen atoms in total. The van der Waals surface area contributed by atoms with Gasteiger partial charge < -0.3 is 10.6 Å². The molecule has 0 amide bonds. The summed E-state index contributed by atoms with van der Waals surface area (Å²) in [6.45, 7) is 8.91.